The summed E-state index contributed by atoms with van der Waals surface area (Å²) in [7, 11) is 0. The van der Waals surface area contributed by atoms with Gasteiger partial charge in [-0.1, -0.05) is 54.6 Å². The van der Waals surface area contributed by atoms with Crippen molar-refractivity contribution in [1.29, 1.82) is 0 Å². The molecule has 0 aliphatic rings. The van der Waals surface area contributed by atoms with E-state index in [0.717, 1.165) is 18.2 Å². The molecule has 0 saturated heterocycles. The summed E-state index contributed by atoms with van der Waals surface area (Å²) in [5.74, 6) is -5.13. The molecule has 6 aromatic rings. The summed E-state index contributed by atoms with van der Waals surface area (Å²) in [6.07, 6.45) is -3.39. The number of aromatic nitrogens is 1. The first kappa shape index (κ1) is 51.1. The van der Waals surface area contributed by atoms with Crippen LogP contribution >= 0.6 is 0 Å². The van der Waals surface area contributed by atoms with Crippen molar-refractivity contribution in [2.75, 3.05) is 23.8 Å². The lowest BCUT2D eigenvalue weighted by atomic mass is 9.86. The van der Waals surface area contributed by atoms with E-state index in [4.69, 9.17) is 14.2 Å². The Labute approximate surface area is 400 Å². The fraction of sp³-hybridized carbons (Fsp3) is 0.250. The van der Waals surface area contributed by atoms with Gasteiger partial charge >= 0.3 is 18.1 Å². The molecule has 4 aromatic carbocycles. The third-order valence-electron chi connectivity index (χ3n) is 10.7. The molecule has 15 nitrogen and oxygen atoms in total. The number of nitrogens with one attached hydrogen (secondary N) is 4. The Morgan fingerprint density at radius 1 is 0.643 bits per heavy atom. The van der Waals surface area contributed by atoms with Gasteiger partial charge in [0.05, 0.1) is 28.1 Å². The highest BCUT2D eigenvalue weighted by Crippen LogP contribution is 2.32. The van der Waals surface area contributed by atoms with Crippen molar-refractivity contribution in [1.82, 2.24) is 15.0 Å². The smallest absolute Gasteiger partial charge is 0.471 e. The molecule has 0 unspecified atom stereocenters. The van der Waals surface area contributed by atoms with Crippen molar-refractivity contribution in [3.8, 4) is 11.5 Å². The van der Waals surface area contributed by atoms with Gasteiger partial charge in [-0.25, -0.2) is 4.79 Å². The summed E-state index contributed by atoms with van der Waals surface area (Å²) in [5, 5.41) is 10.4. The highest BCUT2D eigenvalue weighted by molar-refractivity contribution is 6.15. The maximum absolute atomic E-state index is 14.3. The zero-order chi connectivity index (χ0) is 51.0. The Balaban J connectivity index is 1.11. The van der Waals surface area contributed by atoms with E-state index in [2.05, 4.69) is 16.0 Å². The number of Topliss-reactive ketones (excluding diaryl/α,β-unsaturated/α-hetero) is 1. The largest absolute Gasteiger partial charge is 0.484 e. The summed E-state index contributed by atoms with van der Waals surface area (Å²) in [5.41, 5.74) is -0.553. The van der Waals surface area contributed by atoms with Crippen LogP contribution in [0.4, 0.5) is 24.5 Å². The number of esters is 1. The van der Waals surface area contributed by atoms with E-state index in [1.54, 1.807) is 131 Å². The topological polar surface area (TPSA) is 200 Å². The van der Waals surface area contributed by atoms with Gasteiger partial charge in [0, 0.05) is 39.5 Å². The predicted octanol–water partition coefficient (Wildman–Crippen LogP) is 8.43. The van der Waals surface area contributed by atoms with E-state index in [0.29, 0.717) is 34.4 Å². The second-order valence-corrected chi connectivity index (χ2v) is 17.6. The van der Waals surface area contributed by atoms with Crippen LogP contribution in [0, 0.1) is 6.92 Å². The third-order valence-corrected chi connectivity index (χ3v) is 10.7. The van der Waals surface area contributed by atoms with Gasteiger partial charge in [-0.2, -0.15) is 13.2 Å². The Morgan fingerprint density at radius 3 is 1.83 bits per heavy atom. The van der Waals surface area contributed by atoms with Crippen LogP contribution in [-0.4, -0.2) is 76.0 Å². The first-order valence-corrected chi connectivity index (χ1v) is 21.8. The van der Waals surface area contributed by atoms with Gasteiger partial charge in [-0.15, -0.1) is 0 Å². The molecular weight excluding hydrogens is 912 g/mol. The number of benzene rings is 4. The Morgan fingerprint density at radius 2 is 1.23 bits per heavy atom. The molecule has 0 bridgehead atoms. The molecule has 0 aliphatic carbocycles. The molecule has 6 rings (SSSR count). The minimum atomic E-state index is -5.28. The lowest BCUT2D eigenvalue weighted by molar-refractivity contribution is -0.167. The fourth-order valence-electron chi connectivity index (χ4n) is 7.90. The number of rotatable bonds is 19. The third kappa shape index (κ3) is 13.2. The summed E-state index contributed by atoms with van der Waals surface area (Å²) in [6, 6.07) is 29.3. The second kappa shape index (κ2) is 21.3. The van der Waals surface area contributed by atoms with Crippen molar-refractivity contribution in [3.63, 3.8) is 0 Å². The van der Waals surface area contributed by atoms with E-state index in [-0.39, 0.29) is 47.3 Å². The normalized spacial score (nSPS) is 11.6. The highest BCUT2D eigenvalue weighted by Gasteiger charge is 2.39. The average Bonchev–Trinajstić information content (AvgIpc) is 3.58. The predicted molar refractivity (Wildman–Crippen MR) is 253 cm³/mol. The molecular formula is C52H50F3N5O10. The number of ketones is 2. The van der Waals surface area contributed by atoms with Crippen LogP contribution in [-0.2, 0) is 25.7 Å². The van der Waals surface area contributed by atoms with E-state index < -0.39 is 70.5 Å². The first-order valence-electron chi connectivity index (χ1n) is 21.8. The number of carbonyl (C=O) groups excluding carboxylic acids is 7. The van der Waals surface area contributed by atoms with Gasteiger partial charge in [0.1, 0.15) is 18.1 Å². The van der Waals surface area contributed by atoms with Gasteiger partial charge in [-0.3, -0.25) is 28.8 Å². The number of hydrogen-bond donors (Lipinski definition) is 4. The Hall–Kier alpha value is -8.28. The van der Waals surface area contributed by atoms with Crippen LogP contribution in [0.5, 0.6) is 11.5 Å². The lowest BCUT2D eigenvalue weighted by Gasteiger charge is -2.36. The molecule has 2 heterocycles. The molecule has 2 aromatic heterocycles. The number of amides is 4. The van der Waals surface area contributed by atoms with Gasteiger partial charge in [0.15, 0.2) is 19.0 Å². The van der Waals surface area contributed by atoms with E-state index in [1.807, 2.05) is 0 Å². The number of ether oxygens (including phenoxy) is 3. The van der Waals surface area contributed by atoms with Crippen LogP contribution in [0.25, 0.3) is 5.52 Å². The number of carbonyl (C=O) groups is 7. The number of anilines is 2. The average molecular weight is 962 g/mol. The maximum Gasteiger partial charge on any atom is 0.471 e. The number of halogens is 3. The van der Waals surface area contributed by atoms with Crippen molar-refractivity contribution in [3.05, 3.63) is 161 Å². The summed E-state index contributed by atoms with van der Waals surface area (Å²) in [6.45, 7) is 9.27. The van der Waals surface area contributed by atoms with Gasteiger partial charge in [-0.05, 0) is 114 Å². The SMILES string of the molecule is CC(=O)c1cccc(OCC(=O)NC(C)(C)CC(C)(C)NC(=O)COc2cccc(C(=O)Nc3c(C)c(C(=O)c4ccc(NC(=O)C(F)(F)F)c(C(=O)OCc5ccccc5)c4)n4ccccc34)c2)c1. The van der Waals surface area contributed by atoms with Gasteiger partial charge < -0.3 is 39.9 Å². The standard InChI is InChI=1S/C52H50F3N5O10/c1-31-44(41-20-10-11-23-60(41)45(31)46(64)35-21-22-40(56-49(67)52(53,54)55)39(26-35)48(66)70-27-33-14-8-7-9-15-33)57-47(65)36-17-13-19-38(25-36)69-29-43(63)59-51(5,6)30-50(3,4)58-42(62)28-68-37-18-12-16-34(24-37)32(2)61/h7-26H,27-30H2,1-6H3,(H,56,67)(H,57,65)(H,58,62)(H,59,63). The molecule has 364 valence electrons. The number of fused-ring (bicyclic) bond motifs is 1. The number of alkyl halides is 3. The Kier molecular flexibility index (Phi) is 15.6. The fourth-order valence-corrected chi connectivity index (χ4v) is 7.90. The maximum atomic E-state index is 14.3. The quantitative estimate of drug-likeness (QED) is 0.0451. The monoisotopic (exact) mass is 961 g/mol. The molecule has 4 N–H and O–H groups in total. The number of hydrogen-bond acceptors (Lipinski definition) is 10. The van der Waals surface area contributed by atoms with E-state index in [9.17, 15) is 46.7 Å². The highest BCUT2D eigenvalue weighted by atomic mass is 19.4. The molecule has 0 fully saturated rings. The van der Waals surface area contributed by atoms with Crippen LogP contribution in [0.1, 0.15) is 99.3 Å². The minimum Gasteiger partial charge on any atom is -0.484 e. The molecule has 0 radical (unpaired) electrons. The van der Waals surface area contributed by atoms with Crippen LogP contribution in [0.3, 0.4) is 0 Å². The molecule has 0 saturated carbocycles. The van der Waals surface area contributed by atoms with Crippen LogP contribution < -0.4 is 30.7 Å². The van der Waals surface area contributed by atoms with Crippen molar-refractivity contribution in [2.24, 2.45) is 0 Å². The van der Waals surface area contributed by atoms with Crippen molar-refractivity contribution >= 4 is 58.1 Å². The molecule has 4 amide bonds. The van der Waals surface area contributed by atoms with Crippen LogP contribution in [0.15, 0.2) is 121 Å². The van der Waals surface area contributed by atoms with Crippen molar-refractivity contribution < 1.29 is 60.9 Å². The summed E-state index contributed by atoms with van der Waals surface area (Å²) in [4.78, 5) is 91.0. The first-order chi connectivity index (χ1) is 33.0. The van der Waals surface area contributed by atoms with Gasteiger partial charge in [0.25, 0.3) is 17.7 Å². The zero-order valence-electron chi connectivity index (χ0n) is 39.0. The number of pyridine rings is 1. The number of nitrogens with zero attached hydrogens (tertiary/aromatic N) is 1. The lowest BCUT2D eigenvalue weighted by Crippen LogP contribution is -2.55. The molecule has 70 heavy (non-hydrogen) atoms. The summed E-state index contributed by atoms with van der Waals surface area (Å²) < 4.78 is 58.1. The zero-order valence-corrected chi connectivity index (χ0v) is 39.0. The molecule has 18 heteroatoms. The van der Waals surface area contributed by atoms with Gasteiger partial charge in [0.2, 0.25) is 5.78 Å². The molecule has 0 spiro atoms. The van der Waals surface area contributed by atoms with Crippen molar-refractivity contribution in [2.45, 2.75) is 71.8 Å². The molecule has 0 aliphatic heterocycles. The van der Waals surface area contributed by atoms with E-state index in [1.165, 1.54) is 23.5 Å². The summed E-state index contributed by atoms with van der Waals surface area (Å²) >= 11 is 0. The Bertz CT molecular complexity index is 2980. The van der Waals surface area contributed by atoms with Crippen LogP contribution in [0.2, 0.25) is 0 Å². The minimum absolute atomic E-state index is 0.0561. The van der Waals surface area contributed by atoms with E-state index >= 15 is 0 Å². The molecule has 0 atom stereocenters. The second-order valence-electron chi connectivity index (χ2n) is 17.6.